The summed E-state index contributed by atoms with van der Waals surface area (Å²) in [5.74, 6) is 0.528. The van der Waals surface area contributed by atoms with E-state index in [1.54, 1.807) is 6.92 Å². The normalized spacial score (nSPS) is 10.1. The van der Waals surface area contributed by atoms with E-state index in [1.165, 1.54) is 6.33 Å². The molecule has 0 atom stereocenters. The first-order valence-corrected chi connectivity index (χ1v) is 5.89. The molecule has 1 aromatic heterocycles. The van der Waals surface area contributed by atoms with Crippen molar-refractivity contribution in [3.8, 4) is 0 Å². The fourth-order valence-corrected chi connectivity index (χ4v) is 1.41. The minimum absolute atomic E-state index is 0.174. The molecule has 0 saturated carbocycles. The lowest BCUT2D eigenvalue weighted by Crippen LogP contribution is -2.09. The first-order chi connectivity index (χ1) is 8.15. The third kappa shape index (κ3) is 4.56. The molecule has 17 heavy (non-hydrogen) atoms. The highest BCUT2D eigenvalue weighted by Crippen LogP contribution is 2.17. The van der Waals surface area contributed by atoms with Crippen LogP contribution in [0.15, 0.2) is 6.33 Å². The second-order valence-electron chi connectivity index (χ2n) is 3.47. The van der Waals surface area contributed by atoms with Crippen LogP contribution in [0.5, 0.6) is 0 Å². The Balaban J connectivity index is 2.31. The largest absolute Gasteiger partial charge is 0.466 e. The molecule has 0 aliphatic rings. The van der Waals surface area contributed by atoms with E-state index in [0.29, 0.717) is 37.0 Å². The number of halogens is 1. The van der Waals surface area contributed by atoms with Crippen LogP contribution < -0.4 is 5.32 Å². The van der Waals surface area contributed by atoms with Gasteiger partial charge >= 0.3 is 5.97 Å². The number of hydrogen-bond acceptors (Lipinski definition) is 5. The molecule has 1 rings (SSSR count). The average molecular weight is 258 g/mol. The standard InChI is InChI=1S/C11H16ClN3O2/c1-3-17-9(16)5-4-6-13-11-8(2)10(12)14-7-15-11/h7H,3-6H2,1-2H3,(H,13,14,15). The predicted molar refractivity (Wildman–Crippen MR) is 66.1 cm³/mol. The van der Waals surface area contributed by atoms with E-state index in [1.807, 2.05) is 6.92 Å². The first kappa shape index (κ1) is 13.7. The number of nitrogens with zero attached hydrogens (tertiary/aromatic N) is 2. The number of hydrogen-bond donors (Lipinski definition) is 1. The summed E-state index contributed by atoms with van der Waals surface area (Å²) in [5, 5.41) is 3.55. The molecule has 0 saturated heterocycles. The number of nitrogens with one attached hydrogen (secondary N) is 1. The molecule has 1 aromatic rings. The van der Waals surface area contributed by atoms with Crippen molar-refractivity contribution in [1.82, 2.24) is 9.97 Å². The Morgan fingerprint density at radius 1 is 1.53 bits per heavy atom. The maximum atomic E-state index is 11.1. The average Bonchev–Trinajstić information content (AvgIpc) is 2.30. The van der Waals surface area contributed by atoms with Gasteiger partial charge in [0.2, 0.25) is 0 Å². The molecule has 5 nitrogen and oxygen atoms in total. The quantitative estimate of drug-likeness (QED) is 0.481. The van der Waals surface area contributed by atoms with Crippen LogP contribution in [0.2, 0.25) is 5.15 Å². The zero-order valence-corrected chi connectivity index (χ0v) is 10.8. The number of esters is 1. The van der Waals surface area contributed by atoms with Crippen molar-refractivity contribution in [2.45, 2.75) is 26.7 Å². The van der Waals surface area contributed by atoms with Gasteiger partial charge in [-0.2, -0.15) is 0 Å². The van der Waals surface area contributed by atoms with Crippen molar-refractivity contribution in [3.05, 3.63) is 17.0 Å². The van der Waals surface area contributed by atoms with Crippen molar-refractivity contribution in [2.24, 2.45) is 0 Å². The molecule has 0 fully saturated rings. The first-order valence-electron chi connectivity index (χ1n) is 5.51. The van der Waals surface area contributed by atoms with Crippen molar-refractivity contribution >= 4 is 23.4 Å². The minimum Gasteiger partial charge on any atom is -0.466 e. The van der Waals surface area contributed by atoms with Crippen LogP contribution in [0, 0.1) is 6.92 Å². The fraction of sp³-hybridized carbons (Fsp3) is 0.545. The van der Waals surface area contributed by atoms with Gasteiger partial charge < -0.3 is 10.1 Å². The van der Waals surface area contributed by atoms with Crippen LogP contribution in [0.1, 0.15) is 25.3 Å². The Morgan fingerprint density at radius 2 is 2.29 bits per heavy atom. The number of carbonyl (C=O) groups excluding carboxylic acids is 1. The maximum absolute atomic E-state index is 11.1. The van der Waals surface area contributed by atoms with Crippen LogP contribution in [-0.4, -0.2) is 29.1 Å². The molecular weight excluding hydrogens is 242 g/mol. The summed E-state index contributed by atoms with van der Waals surface area (Å²) in [6.45, 7) is 4.71. The van der Waals surface area contributed by atoms with Gasteiger partial charge in [0.25, 0.3) is 0 Å². The van der Waals surface area contributed by atoms with Gasteiger partial charge in [-0.05, 0) is 20.3 Å². The molecule has 0 amide bonds. The SMILES string of the molecule is CCOC(=O)CCCNc1ncnc(Cl)c1C. The second-order valence-corrected chi connectivity index (χ2v) is 3.83. The molecule has 0 radical (unpaired) electrons. The Morgan fingerprint density at radius 3 is 3.00 bits per heavy atom. The summed E-state index contributed by atoms with van der Waals surface area (Å²) >= 11 is 5.85. The number of rotatable bonds is 6. The van der Waals surface area contributed by atoms with Crippen LogP contribution in [0.3, 0.4) is 0 Å². The summed E-state index contributed by atoms with van der Waals surface area (Å²) in [5.41, 5.74) is 0.810. The third-order valence-corrected chi connectivity index (χ3v) is 2.56. The summed E-state index contributed by atoms with van der Waals surface area (Å²) in [6.07, 6.45) is 2.50. The van der Waals surface area contributed by atoms with Gasteiger partial charge in [-0.1, -0.05) is 11.6 Å². The Labute approximate surface area is 106 Å². The Kier molecular flexibility index (Phi) is 5.69. The van der Waals surface area contributed by atoms with E-state index in [4.69, 9.17) is 16.3 Å². The number of carbonyl (C=O) groups is 1. The second kappa shape index (κ2) is 7.06. The molecule has 0 aliphatic heterocycles. The van der Waals surface area contributed by atoms with E-state index in [-0.39, 0.29) is 5.97 Å². The van der Waals surface area contributed by atoms with Gasteiger partial charge in [0.05, 0.1) is 6.61 Å². The summed E-state index contributed by atoms with van der Waals surface area (Å²) in [6, 6.07) is 0. The van der Waals surface area contributed by atoms with Crippen molar-refractivity contribution in [1.29, 1.82) is 0 Å². The van der Waals surface area contributed by atoms with E-state index >= 15 is 0 Å². The highest BCUT2D eigenvalue weighted by Gasteiger charge is 2.05. The fourth-order valence-electron chi connectivity index (χ4n) is 1.28. The molecule has 1 heterocycles. The van der Waals surface area contributed by atoms with Crippen molar-refractivity contribution in [2.75, 3.05) is 18.5 Å². The van der Waals surface area contributed by atoms with Gasteiger partial charge in [0, 0.05) is 18.5 Å². The van der Waals surface area contributed by atoms with Gasteiger partial charge in [-0.3, -0.25) is 4.79 Å². The van der Waals surface area contributed by atoms with E-state index in [9.17, 15) is 4.79 Å². The number of aromatic nitrogens is 2. The molecule has 0 aromatic carbocycles. The van der Waals surface area contributed by atoms with Gasteiger partial charge in [-0.25, -0.2) is 9.97 Å². The van der Waals surface area contributed by atoms with Crippen LogP contribution in [0.25, 0.3) is 0 Å². The summed E-state index contributed by atoms with van der Waals surface area (Å²) < 4.78 is 4.82. The van der Waals surface area contributed by atoms with Crippen LogP contribution in [-0.2, 0) is 9.53 Å². The van der Waals surface area contributed by atoms with Gasteiger partial charge in [0.15, 0.2) is 0 Å². The predicted octanol–water partition coefficient (Wildman–Crippen LogP) is 2.19. The molecule has 0 spiro atoms. The topological polar surface area (TPSA) is 64.1 Å². The maximum Gasteiger partial charge on any atom is 0.305 e. The molecule has 0 aliphatic carbocycles. The van der Waals surface area contributed by atoms with Gasteiger partial charge in [0.1, 0.15) is 17.3 Å². The van der Waals surface area contributed by atoms with Crippen LogP contribution >= 0.6 is 11.6 Å². The highest BCUT2D eigenvalue weighted by molar-refractivity contribution is 6.30. The van der Waals surface area contributed by atoms with Crippen molar-refractivity contribution in [3.63, 3.8) is 0 Å². The molecule has 94 valence electrons. The highest BCUT2D eigenvalue weighted by atomic mass is 35.5. The van der Waals surface area contributed by atoms with E-state index < -0.39 is 0 Å². The number of ether oxygens (including phenoxy) is 1. The molecule has 0 unspecified atom stereocenters. The number of anilines is 1. The minimum atomic E-state index is -0.174. The lowest BCUT2D eigenvalue weighted by molar-refractivity contribution is -0.143. The lowest BCUT2D eigenvalue weighted by Gasteiger charge is -2.08. The van der Waals surface area contributed by atoms with Crippen molar-refractivity contribution < 1.29 is 9.53 Å². The van der Waals surface area contributed by atoms with Gasteiger partial charge in [-0.15, -0.1) is 0 Å². The van der Waals surface area contributed by atoms with E-state index in [0.717, 1.165) is 5.56 Å². The smallest absolute Gasteiger partial charge is 0.305 e. The molecule has 1 N–H and O–H groups in total. The summed E-state index contributed by atoms with van der Waals surface area (Å²) in [4.78, 5) is 19.0. The Bertz CT molecular complexity index is 385. The molecule has 6 heteroatoms. The molecular formula is C11H16ClN3O2. The zero-order valence-electron chi connectivity index (χ0n) is 9.99. The summed E-state index contributed by atoms with van der Waals surface area (Å²) in [7, 11) is 0. The Hall–Kier alpha value is -1.36. The zero-order chi connectivity index (χ0) is 12.7. The van der Waals surface area contributed by atoms with E-state index in [2.05, 4.69) is 15.3 Å². The third-order valence-electron chi connectivity index (χ3n) is 2.18. The molecule has 0 bridgehead atoms. The monoisotopic (exact) mass is 257 g/mol. The lowest BCUT2D eigenvalue weighted by atomic mass is 10.3. The van der Waals surface area contributed by atoms with Crippen LogP contribution in [0.4, 0.5) is 5.82 Å².